The van der Waals surface area contributed by atoms with E-state index in [1.807, 2.05) is 6.92 Å². The first-order chi connectivity index (χ1) is 6.87. The highest BCUT2D eigenvalue weighted by atomic mass is 79.9. The lowest BCUT2D eigenvalue weighted by molar-refractivity contribution is -0.247. The fourth-order valence-electron chi connectivity index (χ4n) is 1.40. The number of rotatable bonds is 3. The van der Waals surface area contributed by atoms with E-state index < -0.39 is 21.0 Å². The van der Waals surface area contributed by atoms with Crippen molar-refractivity contribution in [2.45, 2.75) is 42.1 Å². The van der Waals surface area contributed by atoms with Crippen LogP contribution in [0.25, 0.3) is 0 Å². The number of esters is 2. The largest absolute Gasteiger partial charge is 0.419 e. The fraction of sp³-hybridized carbons (Fsp3) is 0.778. The van der Waals surface area contributed by atoms with E-state index in [-0.39, 0.29) is 6.42 Å². The van der Waals surface area contributed by atoms with Crippen LogP contribution in [0.4, 0.5) is 0 Å². The lowest BCUT2D eigenvalue weighted by atomic mass is 10.1. The minimum absolute atomic E-state index is 0.318. The van der Waals surface area contributed by atoms with E-state index in [9.17, 15) is 9.59 Å². The Labute approximate surface area is 105 Å². The van der Waals surface area contributed by atoms with Gasteiger partial charge in [-0.3, -0.25) is 9.59 Å². The van der Waals surface area contributed by atoms with Crippen molar-refractivity contribution in [2.24, 2.45) is 0 Å². The molecule has 4 nitrogen and oxygen atoms in total. The van der Waals surface area contributed by atoms with Crippen LogP contribution < -0.4 is 0 Å². The number of ether oxygens (including phenoxy) is 2. The second kappa shape index (κ2) is 4.41. The second-order valence-corrected chi connectivity index (χ2v) is 7.06. The third-order valence-corrected chi connectivity index (χ3v) is 4.64. The highest BCUT2D eigenvalue weighted by Gasteiger charge is 2.55. The van der Waals surface area contributed by atoms with Crippen molar-refractivity contribution < 1.29 is 19.1 Å². The summed E-state index contributed by atoms with van der Waals surface area (Å²) < 4.78 is 9.60. The van der Waals surface area contributed by atoms with Gasteiger partial charge in [-0.25, -0.2) is 0 Å². The van der Waals surface area contributed by atoms with Gasteiger partial charge in [0, 0.05) is 6.42 Å². The van der Waals surface area contributed by atoms with Gasteiger partial charge in [-0.15, -0.1) is 0 Å². The van der Waals surface area contributed by atoms with E-state index in [0.717, 1.165) is 0 Å². The van der Waals surface area contributed by atoms with Crippen molar-refractivity contribution in [3.63, 3.8) is 0 Å². The molecule has 1 aliphatic rings. The highest BCUT2D eigenvalue weighted by Crippen LogP contribution is 2.47. The minimum Gasteiger partial charge on any atom is -0.419 e. The summed E-state index contributed by atoms with van der Waals surface area (Å²) in [5.74, 6) is -2.36. The molecule has 0 aromatic heterocycles. The van der Waals surface area contributed by atoms with Gasteiger partial charge in [0.1, 0.15) is 6.42 Å². The van der Waals surface area contributed by atoms with Gasteiger partial charge in [0.2, 0.25) is 0 Å². The van der Waals surface area contributed by atoms with Gasteiger partial charge in [0.05, 0.1) is 0 Å². The van der Waals surface area contributed by atoms with Gasteiger partial charge in [0.15, 0.2) is 3.23 Å². The second-order valence-electron chi connectivity index (χ2n) is 3.29. The maximum absolute atomic E-state index is 11.2. The Kier molecular flexibility index (Phi) is 3.81. The van der Waals surface area contributed by atoms with Crippen LogP contribution in [0.3, 0.4) is 0 Å². The molecule has 0 atom stereocenters. The summed E-state index contributed by atoms with van der Waals surface area (Å²) in [5, 5.41) is 0. The van der Waals surface area contributed by atoms with Crippen molar-refractivity contribution in [3.05, 3.63) is 0 Å². The van der Waals surface area contributed by atoms with E-state index >= 15 is 0 Å². The lowest BCUT2D eigenvalue weighted by Gasteiger charge is -2.42. The van der Waals surface area contributed by atoms with Crippen LogP contribution in [0.2, 0.25) is 0 Å². The Balaban J connectivity index is 3.03. The van der Waals surface area contributed by atoms with Crippen LogP contribution >= 0.6 is 31.9 Å². The molecule has 0 aromatic rings. The summed E-state index contributed by atoms with van der Waals surface area (Å²) in [7, 11) is 0. The molecule has 0 unspecified atom stereocenters. The molecular weight excluding hydrogens is 332 g/mol. The average molecular weight is 344 g/mol. The maximum atomic E-state index is 11.2. The van der Waals surface area contributed by atoms with Crippen LogP contribution in [-0.4, -0.2) is 21.0 Å². The molecule has 86 valence electrons. The monoisotopic (exact) mass is 342 g/mol. The third-order valence-electron chi connectivity index (χ3n) is 2.31. The van der Waals surface area contributed by atoms with Crippen LogP contribution in [-0.2, 0) is 19.1 Å². The standard InChI is InChI=1S/C9H12Br2O4/c1-3-8(10,11)9(4-2)14-6(12)5-7(13)15-9/h3-5H2,1-2H3. The molecule has 1 aliphatic heterocycles. The zero-order chi connectivity index (χ0) is 11.7. The summed E-state index contributed by atoms with van der Waals surface area (Å²) in [6, 6.07) is 0. The van der Waals surface area contributed by atoms with Crippen LogP contribution in [0.15, 0.2) is 0 Å². The fourth-order valence-corrected chi connectivity index (χ4v) is 2.28. The van der Waals surface area contributed by atoms with Crippen LogP contribution in [0.5, 0.6) is 0 Å². The van der Waals surface area contributed by atoms with Crippen molar-refractivity contribution in [2.75, 3.05) is 0 Å². The number of hydrogen-bond acceptors (Lipinski definition) is 4. The number of halogens is 2. The normalized spacial score (nSPS) is 20.8. The summed E-state index contributed by atoms with van der Waals surface area (Å²) in [6.45, 7) is 3.68. The van der Waals surface area contributed by atoms with Crippen molar-refractivity contribution in [1.29, 1.82) is 0 Å². The summed E-state index contributed by atoms with van der Waals surface area (Å²) in [4.78, 5) is 22.5. The van der Waals surface area contributed by atoms with Crippen LogP contribution in [0, 0.1) is 0 Å². The Morgan fingerprint density at radius 1 is 1.27 bits per heavy atom. The number of carbonyl (C=O) groups is 2. The Morgan fingerprint density at radius 3 is 2.07 bits per heavy atom. The first-order valence-corrected chi connectivity index (χ1v) is 6.27. The molecule has 1 rings (SSSR count). The highest BCUT2D eigenvalue weighted by molar-refractivity contribution is 9.25. The van der Waals surface area contributed by atoms with Crippen molar-refractivity contribution >= 4 is 43.8 Å². The Bertz CT molecular complexity index is 272. The molecule has 0 N–H and O–H groups in total. The molecule has 1 fully saturated rings. The molecule has 0 spiro atoms. The number of hydrogen-bond donors (Lipinski definition) is 0. The van der Waals surface area contributed by atoms with E-state index in [0.29, 0.717) is 12.8 Å². The first-order valence-electron chi connectivity index (χ1n) is 4.68. The van der Waals surface area contributed by atoms with E-state index in [1.165, 1.54) is 0 Å². The molecular formula is C9H12Br2O4. The van der Waals surface area contributed by atoms with Gasteiger partial charge in [-0.05, 0) is 6.42 Å². The smallest absolute Gasteiger partial charge is 0.320 e. The molecule has 0 bridgehead atoms. The predicted molar refractivity (Wildman–Crippen MR) is 60.7 cm³/mol. The lowest BCUT2D eigenvalue weighted by Crippen LogP contribution is -2.55. The maximum Gasteiger partial charge on any atom is 0.320 e. The zero-order valence-corrected chi connectivity index (χ0v) is 11.7. The molecule has 0 aliphatic carbocycles. The number of alkyl halides is 2. The van der Waals surface area contributed by atoms with Gasteiger partial charge >= 0.3 is 11.9 Å². The first kappa shape index (κ1) is 13.0. The summed E-state index contributed by atoms with van der Waals surface area (Å²) in [6.07, 6.45) is 0.664. The topological polar surface area (TPSA) is 52.6 Å². The van der Waals surface area contributed by atoms with Crippen molar-refractivity contribution in [1.82, 2.24) is 0 Å². The Hall–Kier alpha value is -0.100. The van der Waals surface area contributed by atoms with E-state index in [2.05, 4.69) is 31.9 Å². The van der Waals surface area contributed by atoms with Gasteiger partial charge in [-0.2, -0.15) is 0 Å². The predicted octanol–water partition coefficient (Wildman–Crippen LogP) is 2.48. The molecule has 0 amide bonds. The quantitative estimate of drug-likeness (QED) is 0.449. The summed E-state index contributed by atoms with van der Waals surface area (Å²) >= 11 is 6.75. The Morgan fingerprint density at radius 2 is 1.73 bits per heavy atom. The average Bonchev–Trinajstić information content (AvgIpc) is 2.15. The summed E-state index contributed by atoms with van der Waals surface area (Å²) in [5.41, 5.74) is 0. The molecule has 1 saturated heterocycles. The molecule has 1 heterocycles. The third kappa shape index (κ3) is 2.36. The molecule has 0 saturated carbocycles. The molecule has 6 heteroatoms. The van der Waals surface area contributed by atoms with E-state index in [4.69, 9.17) is 9.47 Å². The molecule has 15 heavy (non-hydrogen) atoms. The number of carbonyl (C=O) groups excluding carboxylic acids is 2. The SMILES string of the molecule is CCC(Br)(Br)C1(CC)OC(=O)CC(=O)O1. The minimum atomic E-state index is -1.26. The van der Waals surface area contributed by atoms with E-state index in [1.54, 1.807) is 6.92 Å². The van der Waals surface area contributed by atoms with Gasteiger partial charge in [0.25, 0.3) is 5.79 Å². The molecule has 0 aromatic carbocycles. The molecule has 0 radical (unpaired) electrons. The van der Waals surface area contributed by atoms with Crippen LogP contribution in [0.1, 0.15) is 33.1 Å². The number of cyclic esters (lactones) is 2. The van der Waals surface area contributed by atoms with Crippen molar-refractivity contribution in [3.8, 4) is 0 Å². The van der Waals surface area contributed by atoms with Gasteiger partial charge < -0.3 is 9.47 Å². The van der Waals surface area contributed by atoms with Gasteiger partial charge in [-0.1, -0.05) is 45.7 Å². The zero-order valence-electron chi connectivity index (χ0n) is 8.51.